The van der Waals surface area contributed by atoms with Crippen LogP contribution in [-0.4, -0.2) is 8.91 Å². The summed E-state index contributed by atoms with van der Waals surface area (Å²) in [6, 6.07) is 0. The van der Waals surface area contributed by atoms with Gasteiger partial charge in [0.15, 0.2) is 0 Å². The second kappa shape index (κ2) is 3.52. The highest BCUT2D eigenvalue weighted by atomic mass is 35.6. The molecule has 9 heavy (non-hydrogen) atoms. The molecule has 0 aromatic heterocycles. The zero-order valence-corrected chi connectivity index (χ0v) is 6.98. The van der Waals surface area contributed by atoms with Crippen LogP contribution in [0.25, 0.3) is 0 Å². The Bertz CT molecular complexity index is 157. The minimum absolute atomic E-state index is 0.309. The molecule has 50 valence electrons. The second-order valence-corrected chi connectivity index (χ2v) is 4.02. The van der Waals surface area contributed by atoms with Crippen molar-refractivity contribution in [2.75, 3.05) is 0 Å². The molecule has 0 unspecified atom stereocenters. The summed E-state index contributed by atoms with van der Waals surface area (Å²) in [5, 5.41) is 8.62. The van der Waals surface area contributed by atoms with Gasteiger partial charge in [0.25, 0.3) is 8.91 Å². The van der Waals surface area contributed by atoms with E-state index < -0.39 is 8.91 Å². The molecule has 0 aliphatic heterocycles. The van der Waals surface area contributed by atoms with Gasteiger partial charge in [0.1, 0.15) is 5.40 Å². The summed E-state index contributed by atoms with van der Waals surface area (Å²) in [6.45, 7) is 0. The van der Waals surface area contributed by atoms with E-state index in [9.17, 15) is 4.79 Å². The molecule has 0 rings (SSSR count). The number of nitrogens with zero attached hydrogens (tertiary/aromatic N) is 1. The van der Waals surface area contributed by atoms with Crippen LogP contribution in [0.15, 0.2) is 0 Å². The minimum atomic E-state index is -1.97. The van der Waals surface area contributed by atoms with Gasteiger partial charge in [-0.25, -0.2) is 0 Å². The lowest BCUT2D eigenvalue weighted by Gasteiger charge is -2.02. The molecule has 0 spiro atoms. The van der Waals surface area contributed by atoms with Gasteiger partial charge < -0.3 is 0 Å². The third-order valence-corrected chi connectivity index (χ3v) is 1.80. The van der Waals surface area contributed by atoms with Gasteiger partial charge >= 0.3 is 0 Å². The molecule has 0 aromatic carbocycles. The predicted molar refractivity (Wildman–Crippen MR) is 38.5 cm³/mol. The van der Waals surface area contributed by atoms with Crippen LogP contribution >= 0.6 is 46.6 Å². The largest absolute Gasteiger partial charge is 0.281 e. The van der Waals surface area contributed by atoms with Crippen molar-refractivity contribution in [1.29, 1.82) is 5.26 Å². The smallest absolute Gasteiger partial charge is 0.260 e. The maximum atomic E-state index is 10.4. The Labute approximate surface area is 71.1 Å². The molecule has 0 atom stereocenters. The fourth-order valence-electron chi connectivity index (χ4n) is 0.0993. The molecule has 0 saturated heterocycles. The third-order valence-electron chi connectivity index (χ3n) is 0.370. The van der Waals surface area contributed by atoms with E-state index in [0.29, 0.717) is 11.8 Å². The molecule has 0 fully saturated rings. The maximum absolute atomic E-state index is 10.4. The molecular formula is C3Cl3NOS. The molecule has 0 bridgehead atoms. The number of thioether (sulfide) groups is 1. The lowest BCUT2D eigenvalue weighted by molar-refractivity contribution is -0.110. The van der Waals surface area contributed by atoms with Crippen LogP contribution in [0.3, 0.4) is 0 Å². The molecule has 0 amide bonds. The summed E-state index contributed by atoms with van der Waals surface area (Å²) in [4.78, 5) is 10.4. The number of thiocyanates is 1. The first kappa shape index (κ1) is 9.38. The lowest BCUT2D eigenvalue weighted by Crippen LogP contribution is -2.13. The van der Waals surface area contributed by atoms with Gasteiger partial charge in [0.2, 0.25) is 0 Å². The average Bonchev–Trinajstić information content (AvgIpc) is 1.64. The Balaban J connectivity index is 3.93. The Morgan fingerprint density at radius 2 is 2.00 bits per heavy atom. The van der Waals surface area contributed by atoms with Gasteiger partial charge in [-0.1, -0.05) is 34.8 Å². The fraction of sp³-hybridized carbons (Fsp3) is 0.333. The van der Waals surface area contributed by atoms with Crippen molar-refractivity contribution >= 4 is 51.7 Å². The van der Waals surface area contributed by atoms with Crippen LogP contribution in [0.4, 0.5) is 0 Å². The molecule has 0 N–H and O–H groups in total. The van der Waals surface area contributed by atoms with Crippen LogP contribution in [-0.2, 0) is 4.79 Å². The molecule has 0 aliphatic carbocycles. The molecule has 2 nitrogen and oxygen atoms in total. The van der Waals surface area contributed by atoms with Gasteiger partial charge in [-0.2, -0.15) is 5.26 Å². The van der Waals surface area contributed by atoms with Gasteiger partial charge in [-0.05, 0) is 0 Å². The van der Waals surface area contributed by atoms with Crippen LogP contribution in [0.1, 0.15) is 0 Å². The summed E-state index contributed by atoms with van der Waals surface area (Å²) in [6.07, 6.45) is 0. The van der Waals surface area contributed by atoms with E-state index in [-0.39, 0.29) is 0 Å². The van der Waals surface area contributed by atoms with E-state index in [2.05, 4.69) is 0 Å². The summed E-state index contributed by atoms with van der Waals surface area (Å²) < 4.78 is -1.97. The average molecular weight is 204 g/mol. The van der Waals surface area contributed by atoms with E-state index in [0.717, 1.165) is 0 Å². The number of rotatable bonds is 0. The monoisotopic (exact) mass is 203 g/mol. The quantitative estimate of drug-likeness (QED) is 0.448. The van der Waals surface area contributed by atoms with Crippen LogP contribution in [0, 0.1) is 10.7 Å². The van der Waals surface area contributed by atoms with Crippen molar-refractivity contribution in [3.63, 3.8) is 0 Å². The summed E-state index contributed by atoms with van der Waals surface area (Å²) in [5.74, 6) is 0. The number of carbonyl (C=O) groups is 1. The predicted octanol–water partition coefficient (Wildman–Crippen LogP) is 2.10. The topological polar surface area (TPSA) is 40.9 Å². The van der Waals surface area contributed by atoms with Crippen molar-refractivity contribution in [3.8, 4) is 5.40 Å². The minimum Gasteiger partial charge on any atom is -0.281 e. The Morgan fingerprint density at radius 3 is 2.11 bits per heavy atom. The van der Waals surface area contributed by atoms with Crippen LogP contribution < -0.4 is 0 Å². The van der Waals surface area contributed by atoms with Crippen molar-refractivity contribution < 1.29 is 4.79 Å². The van der Waals surface area contributed by atoms with Gasteiger partial charge in [-0.3, -0.25) is 4.79 Å². The van der Waals surface area contributed by atoms with Crippen LogP contribution in [0.2, 0.25) is 0 Å². The van der Waals surface area contributed by atoms with Crippen molar-refractivity contribution in [1.82, 2.24) is 0 Å². The Hall–Kier alpha value is 0.380. The summed E-state index contributed by atoms with van der Waals surface area (Å²) in [7, 11) is 0. The van der Waals surface area contributed by atoms with Gasteiger partial charge in [0.05, 0.1) is 0 Å². The Kier molecular flexibility index (Phi) is 3.67. The second-order valence-electron chi connectivity index (χ2n) is 0.979. The van der Waals surface area contributed by atoms with Crippen LogP contribution in [0.5, 0.6) is 0 Å². The number of carbonyl (C=O) groups excluding carboxylic acids is 1. The normalized spacial score (nSPS) is 10.4. The number of alkyl halides is 3. The third kappa shape index (κ3) is 3.88. The number of hydrogen-bond donors (Lipinski definition) is 0. The van der Waals surface area contributed by atoms with Crippen molar-refractivity contribution in [2.24, 2.45) is 0 Å². The maximum Gasteiger partial charge on any atom is 0.260 e. The molecule has 0 aliphatic rings. The number of hydrogen-bond acceptors (Lipinski definition) is 3. The van der Waals surface area contributed by atoms with E-state index in [1.165, 1.54) is 5.40 Å². The fourth-order valence-corrected chi connectivity index (χ4v) is 0.645. The molecule has 0 radical (unpaired) electrons. The summed E-state index contributed by atoms with van der Waals surface area (Å²) in [5.41, 5.74) is 0. The first-order chi connectivity index (χ1) is 3.98. The highest BCUT2D eigenvalue weighted by Crippen LogP contribution is 2.31. The van der Waals surface area contributed by atoms with E-state index in [1.54, 1.807) is 0 Å². The van der Waals surface area contributed by atoms with Crippen molar-refractivity contribution in [2.45, 2.75) is 3.79 Å². The Morgan fingerprint density at radius 1 is 1.56 bits per heavy atom. The molecular weight excluding hydrogens is 204 g/mol. The number of nitriles is 1. The van der Waals surface area contributed by atoms with Crippen molar-refractivity contribution in [3.05, 3.63) is 0 Å². The molecule has 6 heteroatoms. The van der Waals surface area contributed by atoms with E-state index >= 15 is 0 Å². The standard InChI is InChI=1S/C3Cl3NOS/c4-3(5,6)2(8)9-1-7. The highest BCUT2D eigenvalue weighted by Gasteiger charge is 2.30. The molecule has 0 saturated carbocycles. The first-order valence-electron chi connectivity index (χ1n) is 1.65. The van der Waals surface area contributed by atoms with E-state index in [1.807, 2.05) is 0 Å². The van der Waals surface area contributed by atoms with E-state index in [4.69, 9.17) is 40.1 Å². The lowest BCUT2D eigenvalue weighted by atomic mass is 10.9. The zero-order chi connectivity index (χ0) is 7.49. The number of halogens is 3. The van der Waals surface area contributed by atoms with Gasteiger partial charge in [0, 0.05) is 11.8 Å². The summed E-state index contributed by atoms with van der Waals surface area (Å²) >= 11 is 15.5. The highest BCUT2D eigenvalue weighted by molar-refractivity contribution is 8.18. The molecule has 0 heterocycles. The first-order valence-corrected chi connectivity index (χ1v) is 3.60. The molecule has 0 aromatic rings. The van der Waals surface area contributed by atoms with Gasteiger partial charge in [-0.15, -0.1) is 0 Å². The SMILES string of the molecule is N#CSC(=O)C(Cl)(Cl)Cl. The zero-order valence-electron chi connectivity index (χ0n) is 3.90.